The maximum absolute atomic E-state index is 5.71. The van der Waals surface area contributed by atoms with Gasteiger partial charge in [0.25, 0.3) is 0 Å². The molecule has 2 aromatic carbocycles. The summed E-state index contributed by atoms with van der Waals surface area (Å²) in [6, 6.07) is 18.3. The predicted molar refractivity (Wildman–Crippen MR) is 75.8 cm³/mol. The molecule has 1 atom stereocenters. The summed E-state index contributed by atoms with van der Waals surface area (Å²) in [6.07, 6.45) is 0. The van der Waals surface area contributed by atoms with Crippen LogP contribution in [-0.2, 0) is 4.74 Å². The van der Waals surface area contributed by atoms with Crippen molar-refractivity contribution in [1.29, 1.82) is 0 Å². The van der Waals surface area contributed by atoms with Crippen molar-refractivity contribution in [2.75, 3.05) is 6.61 Å². The molecule has 0 aliphatic carbocycles. The van der Waals surface area contributed by atoms with Crippen LogP contribution in [0.2, 0.25) is 0 Å². The Bertz CT molecular complexity index is 580. The largest absolute Gasteiger partial charge is 0.475 e. The smallest absolute Gasteiger partial charge is 0.218 e. The lowest BCUT2D eigenvalue weighted by Crippen LogP contribution is -2.01. The lowest BCUT2D eigenvalue weighted by atomic mass is 10.1. The van der Waals surface area contributed by atoms with Crippen LogP contribution < -0.4 is 0 Å². The molecular weight excluding hydrogens is 290 g/mol. The summed E-state index contributed by atoms with van der Waals surface area (Å²) in [5.74, 6) is 0.719. The zero-order chi connectivity index (χ0) is 12.4. The predicted octanol–water partition coefficient (Wildman–Crippen LogP) is 3.97. The molecule has 1 aliphatic rings. The molecule has 0 saturated heterocycles. The van der Waals surface area contributed by atoms with Crippen molar-refractivity contribution in [2.45, 2.75) is 6.04 Å². The molecule has 2 aromatic rings. The van der Waals surface area contributed by atoms with Crippen molar-refractivity contribution in [2.24, 2.45) is 4.99 Å². The SMILES string of the molecule is Brc1ccccc1C1=NC(c2ccccc2)CO1. The Morgan fingerprint density at radius 3 is 2.50 bits per heavy atom. The first-order valence-corrected chi connectivity index (χ1v) is 6.64. The average molecular weight is 302 g/mol. The summed E-state index contributed by atoms with van der Waals surface area (Å²) >= 11 is 3.52. The van der Waals surface area contributed by atoms with Crippen molar-refractivity contribution >= 4 is 21.8 Å². The molecule has 3 rings (SSSR count). The highest BCUT2D eigenvalue weighted by molar-refractivity contribution is 9.10. The third kappa shape index (κ3) is 2.18. The van der Waals surface area contributed by atoms with Crippen molar-refractivity contribution in [3.63, 3.8) is 0 Å². The fourth-order valence-electron chi connectivity index (χ4n) is 2.00. The summed E-state index contributed by atoms with van der Waals surface area (Å²) in [7, 11) is 0. The highest BCUT2D eigenvalue weighted by atomic mass is 79.9. The van der Waals surface area contributed by atoms with Gasteiger partial charge in [0.1, 0.15) is 12.6 Å². The second-order valence-corrected chi connectivity index (χ2v) is 5.01. The van der Waals surface area contributed by atoms with Crippen molar-refractivity contribution in [3.05, 3.63) is 70.2 Å². The van der Waals surface area contributed by atoms with Gasteiger partial charge in [0.05, 0.1) is 5.56 Å². The van der Waals surface area contributed by atoms with Gasteiger partial charge in [-0.2, -0.15) is 0 Å². The molecule has 2 nitrogen and oxygen atoms in total. The van der Waals surface area contributed by atoms with Crippen LogP contribution in [0.5, 0.6) is 0 Å². The van der Waals surface area contributed by atoms with E-state index in [0.29, 0.717) is 6.61 Å². The highest BCUT2D eigenvalue weighted by Gasteiger charge is 2.22. The Morgan fingerprint density at radius 1 is 1.00 bits per heavy atom. The Kier molecular flexibility index (Phi) is 3.15. The molecule has 18 heavy (non-hydrogen) atoms. The minimum Gasteiger partial charge on any atom is -0.475 e. The number of ether oxygens (including phenoxy) is 1. The number of benzene rings is 2. The lowest BCUT2D eigenvalue weighted by molar-refractivity contribution is 0.319. The van der Waals surface area contributed by atoms with E-state index in [9.17, 15) is 0 Å². The average Bonchev–Trinajstić information content (AvgIpc) is 2.90. The first-order valence-electron chi connectivity index (χ1n) is 5.85. The number of nitrogens with zero attached hydrogens (tertiary/aromatic N) is 1. The van der Waals surface area contributed by atoms with Gasteiger partial charge in [0.15, 0.2) is 0 Å². The third-order valence-corrected chi connectivity index (χ3v) is 3.63. The normalized spacial score (nSPS) is 18.3. The number of halogens is 1. The first-order chi connectivity index (χ1) is 8.84. The molecule has 0 radical (unpaired) electrons. The van der Waals surface area contributed by atoms with E-state index in [-0.39, 0.29) is 6.04 Å². The molecule has 0 spiro atoms. The summed E-state index contributed by atoms with van der Waals surface area (Å²) in [6.45, 7) is 0.612. The van der Waals surface area contributed by atoms with Gasteiger partial charge in [-0.05, 0) is 33.6 Å². The summed E-state index contributed by atoms with van der Waals surface area (Å²) in [4.78, 5) is 4.65. The Balaban J connectivity index is 1.91. The van der Waals surface area contributed by atoms with Gasteiger partial charge in [-0.3, -0.25) is 0 Å². The fourth-order valence-corrected chi connectivity index (χ4v) is 2.46. The van der Waals surface area contributed by atoms with E-state index in [4.69, 9.17) is 4.74 Å². The molecule has 0 saturated carbocycles. The van der Waals surface area contributed by atoms with E-state index in [0.717, 1.165) is 15.9 Å². The first kappa shape index (κ1) is 11.5. The van der Waals surface area contributed by atoms with Crippen LogP contribution in [-0.4, -0.2) is 12.5 Å². The number of aliphatic imine (C=N–C) groups is 1. The maximum atomic E-state index is 5.71. The van der Waals surface area contributed by atoms with Crippen LogP contribution in [0.1, 0.15) is 17.2 Å². The van der Waals surface area contributed by atoms with Gasteiger partial charge in [0, 0.05) is 4.47 Å². The van der Waals surface area contributed by atoms with Crippen LogP contribution in [0, 0.1) is 0 Å². The molecule has 90 valence electrons. The highest BCUT2D eigenvalue weighted by Crippen LogP contribution is 2.27. The second-order valence-electron chi connectivity index (χ2n) is 4.15. The molecule has 1 aliphatic heterocycles. The van der Waals surface area contributed by atoms with Crippen molar-refractivity contribution in [3.8, 4) is 0 Å². The number of hydrogen-bond acceptors (Lipinski definition) is 2. The van der Waals surface area contributed by atoms with E-state index in [2.05, 4.69) is 33.1 Å². The van der Waals surface area contributed by atoms with Crippen LogP contribution in [0.3, 0.4) is 0 Å². The summed E-state index contributed by atoms with van der Waals surface area (Å²) in [5.41, 5.74) is 2.20. The van der Waals surface area contributed by atoms with Gasteiger partial charge in [-0.25, -0.2) is 4.99 Å². The summed E-state index contributed by atoms with van der Waals surface area (Å²) in [5, 5.41) is 0. The van der Waals surface area contributed by atoms with Crippen molar-refractivity contribution in [1.82, 2.24) is 0 Å². The van der Waals surface area contributed by atoms with E-state index >= 15 is 0 Å². The molecular formula is C15H12BrNO. The Labute approximate surface area is 114 Å². The van der Waals surface area contributed by atoms with Gasteiger partial charge in [-0.15, -0.1) is 0 Å². The third-order valence-electron chi connectivity index (χ3n) is 2.94. The molecule has 3 heteroatoms. The molecule has 0 fully saturated rings. The van der Waals surface area contributed by atoms with E-state index in [1.165, 1.54) is 5.56 Å². The van der Waals surface area contributed by atoms with E-state index in [1.54, 1.807) is 0 Å². The number of rotatable bonds is 2. The van der Waals surface area contributed by atoms with Crippen molar-refractivity contribution < 1.29 is 4.74 Å². The summed E-state index contributed by atoms with van der Waals surface area (Å²) < 4.78 is 6.72. The maximum Gasteiger partial charge on any atom is 0.218 e. The zero-order valence-corrected chi connectivity index (χ0v) is 11.3. The zero-order valence-electron chi connectivity index (χ0n) is 9.71. The van der Waals surface area contributed by atoms with Gasteiger partial charge in [-0.1, -0.05) is 42.5 Å². The van der Waals surface area contributed by atoms with Crippen LogP contribution in [0.4, 0.5) is 0 Å². The molecule has 0 amide bonds. The monoisotopic (exact) mass is 301 g/mol. The standard InChI is InChI=1S/C15H12BrNO/c16-13-9-5-4-8-12(13)15-17-14(10-18-15)11-6-2-1-3-7-11/h1-9,14H,10H2. The minimum absolute atomic E-state index is 0.105. The molecule has 0 aromatic heterocycles. The lowest BCUT2D eigenvalue weighted by Gasteiger charge is -2.03. The molecule has 0 bridgehead atoms. The Morgan fingerprint density at radius 2 is 1.72 bits per heavy atom. The molecule has 1 unspecified atom stereocenters. The molecule has 1 heterocycles. The van der Waals surface area contributed by atoms with Gasteiger partial charge in [0.2, 0.25) is 5.90 Å². The van der Waals surface area contributed by atoms with Crippen LogP contribution in [0.25, 0.3) is 0 Å². The van der Waals surface area contributed by atoms with Crippen LogP contribution in [0.15, 0.2) is 64.1 Å². The topological polar surface area (TPSA) is 21.6 Å². The van der Waals surface area contributed by atoms with E-state index < -0.39 is 0 Å². The Hall–Kier alpha value is -1.61. The molecule has 0 N–H and O–H groups in total. The fraction of sp³-hybridized carbons (Fsp3) is 0.133. The van der Waals surface area contributed by atoms with Gasteiger partial charge >= 0.3 is 0 Å². The van der Waals surface area contributed by atoms with Crippen LogP contribution >= 0.6 is 15.9 Å². The number of hydrogen-bond donors (Lipinski definition) is 0. The van der Waals surface area contributed by atoms with Gasteiger partial charge < -0.3 is 4.74 Å². The van der Waals surface area contributed by atoms with E-state index in [1.807, 2.05) is 42.5 Å². The quantitative estimate of drug-likeness (QED) is 0.822. The minimum atomic E-state index is 0.105. The second kappa shape index (κ2) is 4.94.